The molecule has 0 radical (unpaired) electrons. The molecule has 0 bridgehead atoms. The topological polar surface area (TPSA) is 107 Å². The first-order chi connectivity index (χ1) is 13.4. The predicted octanol–water partition coefficient (Wildman–Crippen LogP) is 1.17. The number of hydrogen-bond donors (Lipinski definition) is 1. The summed E-state index contributed by atoms with van der Waals surface area (Å²) in [5.41, 5.74) is -1.33. The van der Waals surface area contributed by atoms with Gasteiger partial charge in [-0.2, -0.15) is 0 Å². The minimum Gasteiger partial charge on any atom is -0.480 e. The van der Waals surface area contributed by atoms with Crippen molar-refractivity contribution in [1.29, 1.82) is 0 Å². The first-order valence-corrected chi connectivity index (χ1v) is 10.2. The zero-order valence-electron chi connectivity index (χ0n) is 17.8. The van der Waals surface area contributed by atoms with E-state index in [0.717, 1.165) is 0 Å². The smallest absolute Gasteiger partial charge is 0.411 e. The van der Waals surface area contributed by atoms with Crippen LogP contribution >= 0.6 is 0 Å². The lowest BCUT2D eigenvalue weighted by molar-refractivity contribution is -0.152. The van der Waals surface area contributed by atoms with Crippen LogP contribution < -0.4 is 0 Å². The maximum absolute atomic E-state index is 13.1. The predicted molar refractivity (Wildman–Crippen MR) is 103 cm³/mol. The second kappa shape index (κ2) is 7.18. The van der Waals surface area contributed by atoms with E-state index in [2.05, 4.69) is 0 Å². The van der Waals surface area contributed by atoms with Crippen molar-refractivity contribution in [1.82, 2.24) is 14.7 Å². The van der Waals surface area contributed by atoms with Gasteiger partial charge >= 0.3 is 12.1 Å². The van der Waals surface area contributed by atoms with Gasteiger partial charge in [0.2, 0.25) is 11.8 Å². The number of nitrogens with zero attached hydrogens (tertiary/aromatic N) is 3. The third kappa shape index (κ3) is 4.04. The molecule has 1 spiro atoms. The molecule has 3 heterocycles. The number of carbonyl (C=O) groups excluding carboxylic acids is 3. The molecule has 3 atom stereocenters. The molecular formula is C20H31N3O6. The number of hydrogen-bond acceptors (Lipinski definition) is 5. The number of carboxylic acid groups (broad SMARTS) is 1. The van der Waals surface area contributed by atoms with E-state index in [1.54, 1.807) is 39.5 Å². The van der Waals surface area contributed by atoms with Crippen LogP contribution in [0.25, 0.3) is 0 Å². The van der Waals surface area contributed by atoms with E-state index in [4.69, 9.17) is 4.74 Å². The molecule has 9 heteroatoms. The van der Waals surface area contributed by atoms with Crippen molar-refractivity contribution in [2.45, 2.75) is 65.1 Å². The van der Waals surface area contributed by atoms with Gasteiger partial charge in [-0.25, -0.2) is 9.59 Å². The number of likely N-dealkylation sites (tertiary alicyclic amines) is 2. The Bertz CT molecular complexity index is 730. The number of amides is 3. The molecule has 29 heavy (non-hydrogen) atoms. The lowest BCUT2D eigenvalue weighted by Crippen LogP contribution is -2.48. The lowest BCUT2D eigenvalue weighted by Gasteiger charge is -2.29. The zero-order chi connectivity index (χ0) is 21.7. The monoisotopic (exact) mass is 409 g/mol. The fourth-order valence-electron chi connectivity index (χ4n) is 4.41. The van der Waals surface area contributed by atoms with Crippen molar-refractivity contribution in [2.75, 3.05) is 26.2 Å². The quantitative estimate of drug-likeness (QED) is 0.699. The van der Waals surface area contributed by atoms with Crippen molar-refractivity contribution in [3.05, 3.63) is 0 Å². The van der Waals surface area contributed by atoms with Crippen LogP contribution in [0.5, 0.6) is 0 Å². The molecule has 0 aliphatic carbocycles. The highest BCUT2D eigenvalue weighted by atomic mass is 16.6. The zero-order valence-corrected chi connectivity index (χ0v) is 17.8. The summed E-state index contributed by atoms with van der Waals surface area (Å²) in [6.07, 6.45) is 0.568. The van der Waals surface area contributed by atoms with E-state index in [-0.39, 0.29) is 24.3 Å². The van der Waals surface area contributed by atoms with Gasteiger partial charge in [-0.05, 0) is 39.5 Å². The van der Waals surface area contributed by atoms with Gasteiger partial charge in [0.05, 0.1) is 12.0 Å². The first kappa shape index (κ1) is 21.4. The van der Waals surface area contributed by atoms with E-state index in [9.17, 15) is 24.3 Å². The fraction of sp³-hybridized carbons (Fsp3) is 0.800. The summed E-state index contributed by atoms with van der Waals surface area (Å²) in [6.45, 7) is 10.3. The molecule has 0 aromatic rings. The highest BCUT2D eigenvalue weighted by Gasteiger charge is 2.56. The van der Waals surface area contributed by atoms with Gasteiger partial charge in [0.25, 0.3) is 0 Å². The fourth-order valence-corrected chi connectivity index (χ4v) is 4.41. The van der Waals surface area contributed by atoms with E-state index in [1.165, 1.54) is 9.80 Å². The van der Waals surface area contributed by atoms with Crippen LogP contribution in [0.3, 0.4) is 0 Å². The van der Waals surface area contributed by atoms with Gasteiger partial charge in [0.1, 0.15) is 17.7 Å². The SMILES string of the molecule is CC(C)[C@@H](C(=O)O)N1CCC2(CCN(C(=O)[C@H]3CN3C(=O)OC(C)(C)C)C2)C1=O. The Kier molecular flexibility index (Phi) is 5.29. The molecule has 3 saturated heterocycles. The lowest BCUT2D eigenvalue weighted by atomic mass is 9.85. The number of aliphatic carboxylic acids is 1. The largest absolute Gasteiger partial charge is 0.480 e. The van der Waals surface area contributed by atoms with Crippen molar-refractivity contribution in [3.8, 4) is 0 Å². The van der Waals surface area contributed by atoms with Gasteiger partial charge in [-0.15, -0.1) is 0 Å². The summed E-state index contributed by atoms with van der Waals surface area (Å²) in [6, 6.07) is -1.38. The van der Waals surface area contributed by atoms with Crippen LogP contribution in [0.4, 0.5) is 4.79 Å². The average Bonchev–Trinajstić information content (AvgIpc) is 3.19. The maximum atomic E-state index is 13.1. The maximum Gasteiger partial charge on any atom is 0.411 e. The van der Waals surface area contributed by atoms with E-state index < -0.39 is 35.2 Å². The third-order valence-electron chi connectivity index (χ3n) is 5.96. The Balaban J connectivity index is 1.62. The van der Waals surface area contributed by atoms with Crippen LogP contribution in [0.2, 0.25) is 0 Å². The second-order valence-corrected chi connectivity index (χ2v) is 9.71. The van der Waals surface area contributed by atoms with Crippen molar-refractivity contribution in [3.63, 3.8) is 0 Å². The summed E-state index contributed by atoms with van der Waals surface area (Å²) in [7, 11) is 0. The molecule has 3 amide bonds. The molecule has 0 saturated carbocycles. The summed E-state index contributed by atoms with van der Waals surface area (Å²) in [5, 5.41) is 9.53. The van der Waals surface area contributed by atoms with Crippen LogP contribution in [0.1, 0.15) is 47.5 Å². The normalized spacial score (nSPS) is 27.7. The van der Waals surface area contributed by atoms with E-state index >= 15 is 0 Å². The Morgan fingerprint density at radius 2 is 1.79 bits per heavy atom. The number of rotatable bonds is 4. The Morgan fingerprint density at radius 1 is 1.17 bits per heavy atom. The highest BCUT2D eigenvalue weighted by Crippen LogP contribution is 2.43. The Morgan fingerprint density at radius 3 is 2.34 bits per heavy atom. The molecule has 162 valence electrons. The van der Waals surface area contributed by atoms with E-state index in [1.807, 2.05) is 0 Å². The molecule has 1 N–H and O–H groups in total. The summed E-state index contributed by atoms with van der Waals surface area (Å²) in [5.74, 6) is -1.53. The minimum absolute atomic E-state index is 0.169. The second-order valence-electron chi connectivity index (χ2n) is 9.71. The van der Waals surface area contributed by atoms with Gasteiger partial charge < -0.3 is 19.6 Å². The van der Waals surface area contributed by atoms with Gasteiger partial charge in [0.15, 0.2) is 0 Å². The molecule has 3 rings (SSSR count). The van der Waals surface area contributed by atoms with E-state index in [0.29, 0.717) is 32.5 Å². The molecule has 0 aromatic heterocycles. The number of ether oxygens (including phenoxy) is 1. The summed E-state index contributed by atoms with van der Waals surface area (Å²) < 4.78 is 5.30. The summed E-state index contributed by atoms with van der Waals surface area (Å²) in [4.78, 5) is 54.2. The highest BCUT2D eigenvalue weighted by molar-refractivity contribution is 5.93. The molecule has 3 fully saturated rings. The molecule has 3 aliphatic heterocycles. The van der Waals surface area contributed by atoms with Crippen molar-refractivity contribution >= 4 is 23.9 Å². The van der Waals surface area contributed by atoms with Crippen LogP contribution in [-0.4, -0.2) is 87.5 Å². The third-order valence-corrected chi connectivity index (χ3v) is 5.96. The van der Waals surface area contributed by atoms with Gasteiger partial charge in [-0.3, -0.25) is 14.5 Å². The Hall–Kier alpha value is -2.32. The standard InChI is InChI=1S/C20H31N3O6/c1-12(2)14(16(25)26)22-9-7-20(17(22)27)6-8-21(11-20)15(24)13-10-23(13)18(28)29-19(3,4)5/h12-14H,6-11H2,1-5H3,(H,25,26)/t13-,14+,20?,23?/m1/s1. The van der Waals surface area contributed by atoms with Crippen molar-refractivity contribution < 1.29 is 29.0 Å². The first-order valence-electron chi connectivity index (χ1n) is 10.2. The summed E-state index contributed by atoms with van der Waals surface area (Å²) >= 11 is 0. The Labute approximate surface area is 170 Å². The number of carboxylic acids is 1. The molecular weight excluding hydrogens is 378 g/mol. The van der Waals surface area contributed by atoms with Crippen molar-refractivity contribution in [2.24, 2.45) is 11.3 Å². The molecule has 9 nitrogen and oxygen atoms in total. The molecule has 1 unspecified atom stereocenters. The van der Waals surface area contributed by atoms with Crippen LogP contribution in [0.15, 0.2) is 0 Å². The number of carbonyl (C=O) groups is 4. The molecule has 0 aromatic carbocycles. The van der Waals surface area contributed by atoms with Gasteiger partial charge in [0, 0.05) is 19.6 Å². The van der Waals surface area contributed by atoms with Crippen LogP contribution in [0, 0.1) is 11.3 Å². The van der Waals surface area contributed by atoms with Crippen LogP contribution in [-0.2, 0) is 19.1 Å². The average molecular weight is 409 g/mol. The minimum atomic E-state index is -0.998. The molecule has 3 aliphatic rings. The van der Waals surface area contributed by atoms with Gasteiger partial charge in [-0.1, -0.05) is 13.8 Å².